The van der Waals surface area contributed by atoms with Crippen molar-refractivity contribution in [2.45, 2.75) is 0 Å². The van der Waals surface area contributed by atoms with Crippen molar-refractivity contribution in [3.63, 3.8) is 0 Å². The van der Waals surface area contributed by atoms with Gasteiger partial charge in [-0.2, -0.15) is 0 Å². The molecule has 0 radical (unpaired) electrons. The fourth-order valence-electron chi connectivity index (χ4n) is 1.21. The summed E-state index contributed by atoms with van der Waals surface area (Å²) in [5, 5.41) is 0.291. The molecule has 0 unspecified atom stereocenters. The summed E-state index contributed by atoms with van der Waals surface area (Å²) in [5.41, 5.74) is 5.35. The van der Waals surface area contributed by atoms with E-state index in [1.807, 2.05) is 0 Å². The lowest BCUT2D eigenvalue weighted by Gasteiger charge is -2.13. The van der Waals surface area contributed by atoms with Crippen molar-refractivity contribution in [2.75, 3.05) is 14.2 Å². The lowest BCUT2D eigenvalue weighted by molar-refractivity contribution is 0.0994. The number of benzene rings is 1. The highest BCUT2D eigenvalue weighted by atomic mass is 79.9. The van der Waals surface area contributed by atoms with Gasteiger partial charge in [-0.25, -0.2) is 0 Å². The highest BCUT2D eigenvalue weighted by Crippen LogP contribution is 2.40. The minimum absolute atomic E-state index is 0.124. The maximum Gasteiger partial charge on any atom is 0.256 e. The average molecular weight is 295 g/mol. The first-order valence-electron chi connectivity index (χ1n) is 3.92. The van der Waals surface area contributed by atoms with E-state index in [9.17, 15) is 4.79 Å². The fraction of sp³-hybridized carbons (Fsp3) is 0.222. The van der Waals surface area contributed by atoms with Gasteiger partial charge in [-0.05, 0) is 22.0 Å². The summed E-state index contributed by atoms with van der Waals surface area (Å²) in [6, 6.07) is 1.58. The molecule has 0 heterocycles. The number of halogens is 2. The van der Waals surface area contributed by atoms with Gasteiger partial charge in [-0.1, -0.05) is 11.6 Å². The van der Waals surface area contributed by atoms with Crippen LogP contribution in [0.3, 0.4) is 0 Å². The quantitative estimate of drug-likeness (QED) is 0.930. The number of nitrogens with two attached hydrogens (primary N) is 1. The lowest BCUT2D eigenvalue weighted by atomic mass is 10.1. The van der Waals surface area contributed by atoms with Crippen LogP contribution in [0, 0.1) is 0 Å². The fourth-order valence-corrected chi connectivity index (χ4v) is 2.21. The molecule has 0 aromatic heterocycles. The molecule has 0 saturated heterocycles. The van der Waals surface area contributed by atoms with E-state index in [1.54, 1.807) is 6.07 Å². The van der Waals surface area contributed by atoms with Gasteiger partial charge in [0, 0.05) is 0 Å². The molecule has 0 aliphatic carbocycles. The van der Waals surface area contributed by atoms with Crippen molar-refractivity contribution < 1.29 is 14.3 Å². The second kappa shape index (κ2) is 4.72. The Kier molecular flexibility index (Phi) is 3.82. The van der Waals surface area contributed by atoms with Crippen molar-refractivity contribution >= 4 is 33.4 Å². The monoisotopic (exact) mass is 293 g/mol. The van der Waals surface area contributed by atoms with E-state index in [4.69, 9.17) is 26.8 Å². The van der Waals surface area contributed by atoms with E-state index < -0.39 is 5.91 Å². The first-order valence-corrected chi connectivity index (χ1v) is 5.09. The Balaban J connectivity index is 3.58. The molecule has 4 nitrogen and oxygen atoms in total. The maximum absolute atomic E-state index is 11.2. The lowest BCUT2D eigenvalue weighted by Crippen LogP contribution is -2.14. The zero-order valence-corrected chi connectivity index (χ0v) is 10.5. The first kappa shape index (κ1) is 12.1. The molecule has 0 aliphatic heterocycles. The summed E-state index contributed by atoms with van der Waals surface area (Å²) in [6.45, 7) is 0. The van der Waals surface area contributed by atoms with Gasteiger partial charge in [0.25, 0.3) is 5.91 Å². The normalized spacial score (nSPS) is 9.87. The summed E-state index contributed by atoms with van der Waals surface area (Å²) in [6.07, 6.45) is 0. The third-order valence-corrected chi connectivity index (χ3v) is 2.67. The van der Waals surface area contributed by atoms with Crippen LogP contribution in [-0.4, -0.2) is 20.1 Å². The predicted molar refractivity (Wildman–Crippen MR) is 60.8 cm³/mol. The first-order chi connectivity index (χ1) is 7.02. The van der Waals surface area contributed by atoms with E-state index in [-0.39, 0.29) is 11.3 Å². The standard InChI is InChI=1S/C9H9BrClNO3/c1-14-7-4(10)3-5(11)8(15-2)6(7)9(12)13/h3H,1-2H3,(H2,12,13). The zero-order chi connectivity index (χ0) is 11.6. The van der Waals surface area contributed by atoms with Gasteiger partial charge < -0.3 is 15.2 Å². The van der Waals surface area contributed by atoms with Crippen LogP contribution in [0.25, 0.3) is 0 Å². The number of primary amides is 1. The van der Waals surface area contributed by atoms with Gasteiger partial charge in [-0.3, -0.25) is 4.79 Å². The van der Waals surface area contributed by atoms with Gasteiger partial charge in [0.15, 0.2) is 5.75 Å². The summed E-state index contributed by atoms with van der Waals surface area (Å²) >= 11 is 9.11. The van der Waals surface area contributed by atoms with Crippen LogP contribution in [0.5, 0.6) is 11.5 Å². The minimum Gasteiger partial charge on any atom is -0.495 e. The van der Waals surface area contributed by atoms with Crippen molar-refractivity contribution in [1.82, 2.24) is 0 Å². The average Bonchev–Trinajstić information content (AvgIpc) is 2.16. The Bertz CT molecular complexity index is 381. The van der Waals surface area contributed by atoms with Crippen LogP contribution >= 0.6 is 27.5 Å². The van der Waals surface area contributed by atoms with E-state index in [2.05, 4.69) is 15.9 Å². The van der Waals surface area contributed by atoms with Crippen LogP contribution in [0.15, 0.2) is 10.5 Å². The van der Waals surface area contributed by atoms with Gasteiger partial charge in [-0.15, -0.1) is 0 Å². The molecule has 1 aromatic rings. The molecule has 0 atom stereocenters. The number of hydrogen-bond donors (Lipinski definition) is 1. The maximum atomic E-state index is 11.2. The second-order valence-corrected chi connectivity index (χ2v) is 3.91. The number of hydrogen-bond acceptors (Lipinski definition) is 3. The number of carbonyl (C=O) groups is 1. The molecule has 2 N–H and O–H groups in total. The van der Waals surface area contributed by atoms with Crippen LogP contribution in [0.1, 0.15) is 10.4 Å². The molecule has 6 heteroatoms. The summed E-state index contributed by atoms with van der Waals surface area (Å²) in [5.74, 6) is -0.139. The Morgan fingerprint density at radius 2 is 1.93 bits per heavy atom. The Hall–Kier alpha value is -0.940. The SMILES string of the molecule is COc1c(Cl)cc(Br)c(OC)c1C(N)=O. The Labute approximate surface area is 100 Å². The molecule has 15 heavy (non-hydrogen) atoms. The van der Waals surface area contributed by atoms with E-state index in [1.165, 1.54) is 14.2 Å². The molecular formula is C9H9BrClNO3. The van der Waals surface area contributed by atoms with E-state index in [0.717, 1.165) is 0 Å². The highest BCUT2D eigenvalue weighted by Gasteiger charge is 2.21. The van der Waals surface area contributed by atoms with Gasteiger partial charge in [0.2, 0.25) is 0 Å². The summed E-state index contributed by atoms with van der Waals surface area (Å²) < 4.78 is 10.6. The Morgan fingerprint density at radius 3 is 2.33 bits per heavy atom. The topological polar surface area (TPSA) is 61.6 Å². The van der Waals surface area contributed by atoms with Crippen LogP contribution in [0.4, 0.5) is 0 Å². The molecule has 1 rings (SSSR count). The van der Waals surface area contributed by atoms with Crippen molar-refractivity contribution in [1.29, 1.82) is 0 Å². The van der Waals surface area contributed by atoms with Gasteiger partial charge >= 0.3 is 0 Å². The summed E-state index contributed by atoms with van der Waals surface area (Å²) in [7, 11) is 2.83. The van der Waals surface area contributed by atoms with Crippen molar-refractivity contribution in [3.05, 3.63) is 21.1 Å². The molecule has 1 amide bonds. The van der Waals surface area contributed by atoms with Crippen molar-refractivity contribution in [2.24, 2.45) is 5.73 Å². The van der Waals surface area contributed by atoms with Crippen LogP contribution < -0.4 is 15.2 Å². The van der Waals surface area contributed by atoms with Gasteiger partial charge in [0.1, 0.15) is 11.3 Å². The third-order valence-electron chi connectivity index (χ3n) is 1.80. The third kappa shape index (κ3) is 2.18. The smallest absolute Gasteiger partial charge is 0.256 e. The molecule has 0 bridgehead atoms. The predicted octanol–water partition coefficient (Wildman–Crippen LogP) is 2.22. The van der Waals surface area contributed by atoms with Crippen LogP contribution in [0.2, 0.25) is 5.02 Å². The van der Waals surface area contributed by atoms with E-state index in [0.29, 0.717) is 15.2 Å². The van der Waals surface area contributed by atoms with E-state index >= 15 is 0 Å². The number of amides is 1. The van der Waals surface area contributed by atoms with Crippen molar-refractivity contribution in [3.8, 4) is 11.5 Å². The number of rotatable bonds is 3. The zero-order valence-electron chi connectivity index (χ0n) is 8.14. The highest BCUT2D eigenvalue weighted by molar-refractivity contribution is 9.10. The molecule has 82 valence electrons. The molecule has 0 saturated carbocycles. The molecular weight excluding hydrogens is 285 g/mol. The molecule has 1 aromatic carbocycles. The van der Waals surface area contributed by atoms with Crippen LogP contribution in [-0.2, 0) is 0 Å². The minimum atomic E-state index is -0.660. The Morgan fingerprint density at radius 1 is 1.40 bits per heavy atom. The molecule has 0 fully saturated rings. The molecule has 0 spiro atoms. The van der Waals surface area contributed by atoms with Gasteiger partial charge in [0.05, 0.1) is 23.7 Å². The summed E-state index contributed by atoms with van der Waals surface area (Å²) in [4.78, 5) is 11.2. The number of carbonyl (C=O) groups excluding carboxylic acids is 1. The number of ether oxygens (including phenoxy) is 2. The largest absolute Gasteiger partial charge is 0.495 e. The molecule has 0 aliphatic rings. The second-order valence-electron chi connectivity index (χ2n) is 2.65. The number of methoxy groups -OCH3 is 2.